The number of nitrogens with zero attached hydrogens (tertiary/aromatic N) is 2. The number of thioether (sulfide) groups is 1. The molecule has 18 heteroatoms. The second-order valence-electron chi connectivity index (χ2n) is 16.6. The molecule has 15 nitrogen and oxygen atoms in total. The van der Waals surface area contributed by atoms with Crippen molar-refractivity contribution < 1.29 is 46.7 Å². The number of halogens is 1. The first-order valence-electron chi connectivity index (χ1n) is 21.7. The Balaban J connectivity index is 1.48. The van der Waals surface area contributed by atoms with Gasteiger partial charge in [0.05, 0.1) is 27.4 Å². The van der Waals surface area contributed by atoms with Crippen LogP contribution in [0, 0.1) is 5.41 Å². The number of rotatable bonds is 24. The molecule has 0 spiro atoms. The highest BCUT2D eigenvalue weighted by atomic mass is 32.2. The molecule has 1 aromatic heterocycles. The smallest absolute Gasteiger partial charge is 0.407 e. The Hall–Kier alpha value is -4.87. The molecule has 1 aliphatic heterocycles. The Morgan fingerprint density at radius 3 is 2.08 bits per heavy atom. The van der Waals surface area contributed by atoms with Gasteiger partial charge in [-0.15, -0.1) is 0 Å². The number of ether oxygens (including phenoxy) is 5. The molecule has 2 heterocycles. The van der Waals surface area contributed by atoms with Gasteiger partial charge in [-0.05, 0) is 75.1 Å². The zero-order valence-electron chi connectivity index (χ0n) is 38.8. The van der Waals surface area contributed by atoms with Crippen LogP contribution in [0.5, 0.6) is 11.5 Å². The van der Waals surface area contributed by atoms with E-state index in [-0.39, 0.29) is 49.3 Å². The number of hydrogen-bond donors (Lipinski definition) is 2. The zero-order chi connectivity index (χ0) is 48.0. The Morgan fingerprint density at radius 1 is 0.939 bits per heavy atom. The van der Waals surface area contributed by atoms with E-state index in [0.29, 0.717) is 17.9 Å². The van der Waals surface area contributed by atoms with Crippen molar-refractivity contribution in [1.29, 1.82) is 0 Å². The van der Waals surface area contributed by atoms with E-state index >= 15 is 4.39 Å². The van der Waals surface area contributed by atoms with Crippen LogP contribution in [0.15, 0.2) is 113 Å². The summed E-state index contributed by atoms with van der Waals surface area (Å²) in [6, 6.07) is 25.4. The second-order valence-corrected chi connectivity index (χ2v) is 19.1. The molecule has 0 bridgehead atoms. The average molecular weight is 953 g/mol. The van der Waals surface area contributed by atoms with E-state index < -0.39 is 61.5 Å². The Morgan fingerprint density at radius 2 is 1.53 bits per heavy atom. The van der Waals surface area contributed by atoms with Gasteiger partial charge in [0.25, 0.3) is 14.1 Å². The number of methoxy groups -OCH3 is 2. The van der Waals surface area contributed by atoms with E-state index in [1.165, 1.54) is 12.3 Å². The number of amides is 1. The lowest BCUT2D eigenvalue weighted by molar-refractivity contribution is -0.118. The van der Waals surface area contributed by atoms with Crippen molar-refractivity contribution in [3.63, 3.8) is 0 Å². The van der Waals surface area contributed by atoms with Gasteiger partial charge >= 0.3 is 11.8 Å². The normalized spacial score (nSPS) is 18.1. The average Bonchev–Trinajstić information content (AvgIpc) is 3.60. The van der Waals surface area contributed by atoms with Crippen molar-refractivity contribution in [2.24, 2.45) is 5.41 Å². The number of alkyl carbamates (subject to hydrolysis) is 1. The summed E-state index contributed by atoms with van der Waals surface area (Å²) >= 11 is 1.09. The maximum Gasteiger partial charge on any atom is 0.407 e. The molecule has 0 aliphatic carbocycles. The molecule has 1 saturated heterocycles. The van der Waals surface area contributed by atoms with Crippen LogP contribution >= 0.6 is 20.3 Å². The van der Waals surface area contributed by atoms with Crippen molar-refractivity contribution in [3.05, 3.63) is 141 Å². The molecule has 2 N–H and O–H groups in total. The van der Waals surface area contributed by atoms with Crippen LogP contribution in [0.1, 0.15) is 70.9 Å². The van der Waals surface area contributed by atoms with E-state index in [2.05, 4.69) is 16.9 Å². The van der Waals surface area contributed by atoms with E-state index in [9.17, 15) is 19.2 Å². The molecule has 358 valence electrons. The van der Waals surface area contributed by atoms with Crippen molar-refractivity contribution in [2.75, 3.05) is 46.3 Å². The number of benzene rings is 3. The molecule has 5 unspecified atom stereocenters. The van der Waals surface area contributed by atoms with Gasteiger partial charge < -0.3 is 38.0 Å². The van der Waals surface area contributed by atoms with Gasteiger partial charge in [0.15, 0.2) is 17.5 Å². The lowest BCUT2D eigenvalue weighted by Crippen LogP contribution is -2.41. The highest BCUT2D eigenvalue weighted by Crippen LogP contribution is 2.51. The van der Waals surface area contributed by atoms with Gasteiger partial charge in [-0.25, -0.2) is 18.6 Å². The number of H-pyrrole nitrogens is 1. The first-order chi connectivity index (χ1) is 31.6. The second kappa shape index (κ2) is 24.2. The van der Waals surface area contributed by atoms with E-state index in [1.54, 1.807) is 28.1 Å². The first-order valence-corrected chi connectivity index (χ1v) is 23.8. The first kappa shape index (κ1) is 52.1. The minimum Gasteiger partial charge on any atom is -0.497 e. The van der Waals surface area contributed by atoms with E-state index in [4.69, 9.17) is 32.7 Å². The Labute approximate surface area is 391 Å². The van der Waals surface area contributed by atoms with Crippen LogP contribution in [-0.2, 0) is 33.7 Å². The molecule has 5 atom stereocenters. The van der Waals surface area contributed by atoms with Crippen molar-refractivity contribution in [1.82, 2.24) is 19.5 Å². The fourth-order valence-electron chi connectivity index (χ4n) is 7.53. The quantitative estimate of drug-likeness (QED) is 0.0299. The molecular formula is C48H62FN4O11PS. The monoisotopic (exact) mass is 952 g/mol. The summed E-state index contributed by atoms with van der Waals surface area (Å²) in [5.41, 5.74) is -1.37. The molecule has 1 aliphatic rings. The molecule has 0 radical (unpaired) electrons. The lowest BCUT2D eigenvalue weighted by atomic mass is 9.80. The van der Waals surface area contributed by atoms with Crippen LogP contribution < -0.4 is 26.0 Å². The number of carbonyl (C=O) groups is 2. The largest absolute Gasteiger partial charge is 0.497 e. The van der Waals surface area contributed by atoms with Crippen LogP contribution in [0.25, 0.3) is 0 Å². The number of carbonyl (C=O) groups excluding carboxylic acids is 2. The fraction of sp³-hybridized carbons (Fsp3) is 0.458. The standard InChI is InChI=1S/C48H62FN4O11PS/c1-10-28-60-46(57)50-26-25-47(6,7)44(55)66-30-29-62-65(53(32(2)3)33(4)5)64-42-39(63-43(41(42)49)52-27-24-40(54)51-45(52)56)31-61-48(34-14-12-11-13-15-34,35-16-20-37(58-8)21-17-35)36-18-22-38(59-9)23-19-36/h10-24,27,32-33,39,41-43H,1,25-26,28-31H2,2-9H3,(H,50,57)(H,51,54,56). The summed E-state index contributed by atoms with van der Waals surface area (Å²) in [6.45, 7) is 15.2. The highest BCUT2D eigenvalue weighted by molar-refractivity contribution is 8.13. The molecular weight excluding hydrogens is 891 g/mol. The van der Waals surface area contributed by atoms with Crippen LogP contribution in [0.2, 0.25) is 0 Å². The number of hydrogen-bond acceptors (Lipinski definition) is 13. The van der Waals surface area contributed by atoms with E-state index in [0.717, 1.165) is 39.1 Å². The minimum atomic E-state index is -2.04. The molecule has 1 fully saturated rings. The highest BCUT2D eigenvalue weighted by Gasteiger charge is 2.51. The van der Waals surface area contributed by atoms with Crippen LogP contribution in [0.3, 0.4) is 0 Å². The van der Waals surface area contributed by atoms with Gasteiger partial charge in [-0.3, -0.25) is 19.1 Å². The predicted molar refractivity (Wildman–Crippen MR) is 254 cm³/mol. The summed E-state index contributed by atoms with van der Waals surface area (Å²) in [5.74, 6) is 1.52. The summed E-state index contributed by atoms with van der Waals surface area (Å²) in [6.07, 6.45) is -3.53. The van der Waals surface area contributed by atoms with Crippen molar-refractivity contribution in [2.45, 2.75) is 90.3 Å². The SMILES string of the molecule is C=CCOC(=O)NCCC(C)(C)C(=O)SCCOP(OC1C(COC(c2ccccc2)(c2ccc(OC)cc2)c2ccc(OC)cc2)OC(n2ccc(=O)[nH]c2=O)C1F)N(C(C)C)C(C)C. The van der Waals surface area contributed by atoms with E-state index in [1.807, 2.05) is 111 Å². The van der Waals surface area contributed by atoms with Gasteiger partial charge in [-0.1, -0.05) is 92.9 Å². The summed E-state index contributed by atoms with van der Waals surface area (Å²) in [5, 5.41) is 2.55. The minimum absolute atomic E-state index is 0.0703. The van der Waals surface area contributed by atoms with Gasteiger partial charge in [0, 0.05) is 42.1 Å². The number of alkyl halides is 1. The maximum atomic E-state index is 17.4. The van der Waals surface area contributed by atoms with Crippen LogP contribution in [0.4, 0.5) is 9.18 Å². The van der Waals surface area contributed by atoms with Gasteiger partial charge in [-0.2, -0.15) is 0 Å². The Kier molecular flexibility index (Phi) is 19.1. The summed E-state index contributed by atoms with van der Waals surface area (Å²) < 4.78 is 63.2. The lowest BCUT2D eigenvalue weighted by Gasteiger charge is -2.39. The molecule has 0 saturated carbocycles. The molecule has 3 aromatic carbocycles. The summed E-state index contributed by atoms with van der Waals surface area (Å²) in [4.78, 5) is 52.8. The Bertz CT molecular complexity index is 2240. The molecule has 1 amide bonds. The number of aromatic nitrogens is 2. The fourth-order valence-corrected chi connectivity index (χ4v) is 10.3. The third-order valence-corrected chi connectivity index (χ3v) is 14.2. The topological polar surface area (TPSA) is 169 Å². The third kappa shape index (κ3) is 13.0. The predicted octanol–water partition coefficient (Wildman–Crippen LogP) is 8.13. The van der Waals surface area contributed by atoms with Crippen molar-refractivity contribution >= 4 is 31.5 Å². The van der Waals surface area contributed by atoms with Crippen molar-refractivity contribution in [3.8, 4) is 11.5 Å². The summed E-state index contributed by atoms with van der Waals surface area (Å²) in [7, 11) is 1.13. The molecule has 66 heavy (non-hydrogen) atoms. The van der Waals surface area contributed by atoms with Crippen LogP contribution in [-0.4, -0.2) is 102 Å². The maximum absolute atomic E-state index is 17.4. The molecule has 4 aromatic rings. The third-order valence-electron chi connectivity index (χ3n) is 10.9. The number of aromatic amines is 1. The van der Waals surface area contributed by atoms with Gasteiger partial charge in [0.1, 0.15) is 35.9 Å². The zero-order valence-corrected chi connectivity index (χ0v) is 40.5. The van der Waals surface area contributed by atoms with Gasteiger partial charge in [0.2, 0.25) is 0 Å². The molecule has 5 rings (SSSR count). The number of nitrogens with one attached hydrogen (secondary N) is 2.